The Hall–Kier alpha value is -2.14. The van der Waals surface area contributed by atoms with Gasteiger partial charge in [0.05, 0.1) is 6.10 Å². The van der Waals surface area contributed by atoms with E-state index >= 15 is 0 Å². The SMILES string of the molecule is CCCCCC=CCC(O)C=CC=CCC=CCCCC(=O)N[C@@H](C)C(=O)O. The summed E-state index contributed by atoms with van der Waals surface area (Å²) in [5, 5.41) is 21.0. The third-order valence-electron chi connectivity index (χ3n) is 4.06. The molecule has 158 valence electrons. The molecule has 5 heteroatoms. The van der Waals surface area contributed by atoms with Crippen molar-refractivity contribution in [3.8, 4) is 0 Å². The van der Waals surface area contributed by atoms with Gasteiger partial charge in [-0.15, -0.1) is 0 Å². The second-order valence-corrected chi connectivity index (χ2v) is 6.81. The zero-order valence-corrected chi connectivity index (χ0v) is 17.3. The number of carboxylic acids is 1. The number of allylic oxidation sites excluding steroid dienone is 6. The first-order chi connectivity index (χ1) is 13.5. The Morgan fingerprint density at radius 3 is 2.39 bits per heavy atom. The maximum atomic E-state index is 11.5. The van der Waals surface area contributed by atoms with Crippen LogP contribution in [0.1, 0.15) is 71.6 Å². The van der Waals surface area contributed by atoms with Crippen LogP contribution in [0, 0.1) is 0 Å². The molecule has 0 saturated heterocycles. The molecule has 0 fully saturated rings. The summed E-state index contributed by atoms with van der Waals surface area (Å²) in [6.45, 7) is 3.64. The number of carboxylic acid groups (broad SMARTS) is 1. The van der Waals surface area contributed by atoms with Gasteiger partial charge in [0.1, 0.15) is 6.04 Å². The normalized spacial score (nSPS) is 14.4. The van der Waals surface area contributed by atoms with Gasteiger partial charge >= 0.3 is 5.97 Å². The minimum atomic E-state index is -1.03. The van der Waals surface area contributed by atoms with E-state index in [0.29, 0.717) is 19.3 Å². The van der Waals surface area contributed by atoms with Crippen molar-refractivity contribution >= 4 is 11.9 Å². The molecule has 0 heterocycles. The molecule has 0 aliphatic heterocycles. The summed E-state index contributed by atoms with van der Waals surface area (Å²) in [7, 11) is 0. The van der Waals surface area contributed by atoms with Crippen LogP contribution in [-0.2, 0) is 9.59 Å². The van der Waals surface area contributed by atoms with Crippen LogP contribution in [0.4, 0.5) is 0 Å². The lowest BCUT2D eigenvalue weighted by Gasteiger charge is -2.08. The predicted molar refractivity (Wildman–Crippen MR) is 115 cm³/mol. The molecule has 0 spiro atoms. The van der Waals surface area contributed by atoms with E-state index < -0.39 is 18.1 Å². The molecule has 2 atom stereocenters. The van der Waals surface area contributed by atoms with Gasteiger partial charge in [0.2, 0.25) is 5.91 Å². The Morgan fingerprint density at radius 1 is 0.964 bits per heavy atom. The molecule has 5 nitrogen and oxygen atoms in total. The molecule has 0 saturated carbocycles. The zero-order valence-electron chi connectivity index (χ0n) is 17.3. The van der Waals surface area contributed by atoms with Crippen molar-refractivity contribution in [1.82, 2.24) is 5.32 Å². The molecule has 28 heavy (non-hydrogen) atoms. The van der Waals surface area contributed by atoms with E-state index in [4.69, 9.17) is 5.11 Å². The first-order valence-electron chi connectivity index (χ1n) is 10.3. The van der Waals surface area contributed by atoms with E-state index in [1.54, 1.807) is 6.08 Å². The van der Waals surface area contributed by atoms with Gasteiger partial charge in [0.15, 0.2) is 0 Å². The number of carbonyl (C=O) groups excluding carboxylic acids is 1. The average molecular weight is 392 g/mol. The third kappa shape index (κ3) is 17.3. The smallest absolute Gasteiger partial charge is 0.325 e. The number of aliphatic hydroxyl groups is 1. The van der Waals surface area contributed by atoms with Crippen molar-refractivity contribution < 1.29 is 19.8 Å². The number of nitrogens with one attached hydrogen (secondary N) is 1. The largest absolute Gasteiger partial charge is 0.480 e. The van der Waals surface area contributed by atoms with Crippen LogP contribution in [0.2, 0.25) is 0 Å². The molecule has 0 rings (SSSR count). The quantitative estimate of drug-likeness (QED) is 0.202. The molecular formula is C23H37NO4. The minimum absolute atomic E-state index is 0.234. The van der Waals surface area contributed by atoms with Crippen molar-refractivity contribution in [2.45, 2.75) is 83.8 Å². The summed E-state index contributed by atoms with van der Waals surface area (Å²) in [5.41, 5.74) is 0. The van der Waals surface area contributed by atoms with Crippen molar-refractivity contribution in [2.24, 2.45) is 0 Å². The maximum absolute atomic E-state index is 11.5. The summed E-state index contributed by atoms with van der Waals surface area (Å²) in [6.07, 6.45) is 23.4. The molecule has 0 bridgehead atoms. The van der Waals surface area contributed by atoms with E-state index in [0.717, 1.165) is 19.3 Å². The standard InChI is InChI=1S/C23H37NO4/c1-3-4-5-6-11-14-17-21(25)18-15-12-9-7-8-10-13-16-19-22(26)24-20(2)23(27)28/h8-12,14-15,18,20-21,25H,3-7,13,16-17,19H2,1-2H3,(H,24,26)(H,27,28)/t20-,21?/m0/s1. The minimum Gasteiger partial charge on any atom is -0.480 e. The van der Waals surface area contributed by atoms with Crippen LogP contribution in [0.3, 0.4) is 0 Å². The number of hydrogen-bond acceptors (Lipinski definition) is 3. The fraction of sp³-hybridized carbons (Fsp3) is 0.565. The second-order valence-electron chi connectivity index (χ2n) is 6.81. The highest BCUT2D eigenvalue weighted by atomic mass is 16.4. The summed E-state index contributed by atoms with van der Waals surface area (Å²) in [5.74, 6) is -1.26. The highest BCUT2D eigenvalue weighted by Crippen LogP contribution is 2.03. The first-order valence-corrected chi connectivity index (χ1v) is 10.3. The predicted octanol–water partition coefficient (Wildman–Crippen LogP) is 4.69. The Bertz CT molecular complexity index is 535. The van der Waals surface area contributed by atoms with Gasteiger partial charge in [-0.05, 0) is 45.4 Å². The highest BCUT2D eigenvalue weighted by molar-refractivity contribution is 5.83. The van der Waals surface area contributed by atoms with Gasteiger partial charge in [0.25, 0.3) is 0 Å². The Kier molecular flexibility index (Phi) is 16.8. The van der Waals surface area contributed by atoms with Gasteiger partial charge in [-0.25, -0.2) is 0 Å². The fourth-order valence-corrected chi connectivity index (χ4v) is 2.34. The van der Waals surface area contributed by atoms with Gasteiger partial charge in [-0.2, -0.15) is 0 Å². The van der Waals surface area contributed by atoms with Crippen molar-refractivity contribution in [3.05, 3.63) is 48.6 Å². The van der Waals surface area contributed by atoms with Gasteiger partial charge < -0.3 is 15.5 Å². The molecule has 3 N–H and O–H groups in total. The van der Waals surface area contributed by atoms with E-state index in [9.17, 15) is 14.7 Å². The lowest BCUT2D eigenvalue weighted by Crippen LogP contribution is -2.38. The van der Waals surface area contributed by atoms with Crippen molar-refractivity contribution in [2.75, 3.05) is 0 Å². The van der Waals surface area contributed by atoms with Crippen molar-refractivity contribution in [3.63, 3.8) is 0 Å². The van der Waals surface area contributed by atoms with Crippen LogP contribution >= 0.6 is 0 Å². The number of amides is 1. The van der Waals surface area contributed by atoms with Crippen LogP contribution in [0.5, 0.6) is 0 Å². The van der Waals surface area contributed by atoms with Gasteiger partial charge in [-0.3, -0.25) is 9.59 Å². The Balaban J connectivity index is 3.73. The van der Waals surface area contributed by atoms with Crippen LogP contribution in [0.25, 0.3) is 0 Å². The maximum Gasteiger partial charge on any atom is 0.325 e. The number of aliphatic carboxylic acids is 1. The number of hydrogen-bond donors (Lipinski definition) is 3. The Morgan fingerprint density at radius 2 is 1.68 bits per heavy atom. The molecule has 0 aliphatic carbocycles. The van der Waals surface area contributed by atoms with E-state index in [-0.39, 0.29) is 5.91 Å². The number of carbonyl (C=O) groups is 2. The van der Waals surface area contributed by atoms with Gasteiger partial charge in [-0.1, -0.05) is 68.4 Å². The summed E-state index contributed by atoms with van der Waals surface area (Å²) >= 11 is 0. The van der Waals surface area contributed by atoms with Crippen LogP contribution in [0.15, 0.2) is 48.6 Å². The third-order valence-corrected chi connectivity index (χ3v) is 4.06. The zero-order chi connectivity index (χ0) is 21.0. The number of rotatable bonds is 16. The van der Waals surface area contributed by atoms with E-state index in [1.807, 2.05) is 36.5 Å². The van der Waals surface area contributed by atoms with E-state index in [1.165, 1.54) is 26.2 Å². The molecule has 0 aromatic rings. The molecule has 0 aromatic carbocycles. The molecule has 0 radical (unpaired) electrons. The van der Waals surface area contributed by atoms with Gasteiger partial charge in [0, 0.05) is 6.42 Å². The number of unbranched alkanes of at least 4 members (excludes halogenated alkanes) is 4. The summed E-state index contributed by atoms with van der Waals surface area (Å²) in [4.78, 5) is 22.1. The lowest BCUT2D eigenvalue weighted by molar-refractivity contribution is -0.141. The summed E-state index contributed by atoms with van der Waals surface area (Å²) < 4.78 is 0. The monoisotopic (exact) mass is 391 g/mol. The molecule has 0 aromatic heterocycles. The molecule has 1 unspecified atom stereocenters. The Labute approximate surface area is 169 Å². The first kappa shape index (κ1) is 25.9. The van der Waals surface area contributed by atoms with Crippen LogP contribution < -0.4 is 5.32 Å². The second kappa shape index (κ2) is 18.2. The van der Waals surface area contributed by atoms with E-state index in [2.05, 4.69) is 18.3 Å². The number of aliphatic hydroxyl groups excluding tert-OH is 1. The molecule has 1 amide bonds. The molecular weight excluding hydrogens is 354 g/mol. The lowest BCUT2D eigenvalue weighted by atomic mass is 10.1. The summed E-state index contributed by atoms with van der Waals surface area (Å²) in [6, 6.07) is -0.846. The van der Waals surface area contributed by atoms with Crippen LogP contribution in [-0.4, -0.2) is 34.2 Å². The average Bonchev–Trinajstić information content (AvgIpc) is 2.65. The highest BCUT2D eigenvalue weighted by Gasteiger charge is 2.12. The van der Waals surface area contributed by atoms with Crippen molar-refractivity contribution in [1.29, 1.82) is 0 Å². The fourth-order valence-electron chi connectivity index (χ4n) is 2.34. The topological polar surface area (TPSA) is 86.6 Å². The molecule has 0 aliphatic rings.